The largest absolute Gasteiger partial charge is 0.453 e. The van der Waals surface area contributed by atoms with Crippen molar-refractivity contribution >= 4 is 23.3 Å². The molecule has 0 radical (unpaired) electrons. The number of thioether (sulfide) groups is 1. The first-order valence-corrected chi connectivity index (χ1v) is 9.34. The molecular formula is C18H20N4OS. The summed E-state index contributed by atoms with van der Waals surface area (Å²) in [6.07, 6.45) is 4.44. The number of rotatable bonds is 4. The number of aromatic nitrogens is 4. The van der Waals surface area contributed by atoms with Crippen LogP contribution in [0, 0.1) is 0 Å². The molecule has 5 nitrogen and oxygen atoms in total. The fourth-order valence-corrected chi connectivity index (χ4v) is 4.21. The first-order valence-electron chi connectivity index (χ1n) is 8.35. The molecule has 1 aromatic carbocycles. The van der Waals surface area contributed by atoms with Crippen molar-refractivity contribution in [2.45, 2.75) is 44.4 Å². The number of unbranched alkanes of at least 4 members (excludes halogenated alkanes) is 1. The molecule has 0 aliphatic carbocycles. The van der Waals surface area contributed by atoms with Crippen LogP contribution in [0.4, 0.5) is 0 Å². The van der Waals surface area contributed by atoms with E-state index in [2.05, 4.69) is 52.7 Å². The lowest BCUT2D eigenvalue weighted by Crippen LogP contribution is -2.12. The van der Waals surface area contributed by atoms with Gasteiger partial charge in [-0.2, -0.15) is 5.21 Å². The number of H-pyrrole nitrogens is 1. The summed E-state index contributed by atoms with van der Waals surface area (Å²) in [5, 5.41) is 14.3. The van der Waals surface area contributed by atoms with Crippen molar-refractivity contribution in [3.8, 4) is 0 Å². The molecule has 0 spiro atoms. The van der Waals surface area contributed by atoms with Gasteiger partial charge in [0.2, 0.25) is 5.82 Å². The highest BCUT2D eigenvalue weighted by molar-refractivity contribution is 7.99. The van der Waals surface area contributed by atoms with Gasteiger partial charge in [-0.15, -0.1) is 22.0 Å². The van der Waals surface area contributed by atoms with Crippen molar-refractivity contribution in [3.05, 3.63) is 46.3 Å². The van der Waals surface area contributed by atoms with Crippen LogP contribution in [0.2, 0.25) is 0 Å². The van der Waals surface area contributed by atoms with E-state index in [0.29, 0.717) is 5.82 Å². The monoisotopic (exact) mass is 340 g/mol. The van der Waals surface area contributed by atoms with Crippen LogP contribution in [0.3, 0.4) is 0 Å². The van der Waals surface area contributed by atoms with Crippen LogP contribution >= 0.6 is 11.8 Å². The molecule has 1 N–H and O–H groups in total. The molecule has 124 valence electrons. The van der Waals surface area contributed by atoms with Gasteiger partial charge in [0.25, 0.3) is 0 Å². The minimum atomic E-state index is 0.529. The summed E-state index contributed by atoms with van der Waals surface area (Å²) < 4.78 is 6.29. The zero-order chi connectivity index (χ0) is 16.5. The molecule has 4 rings (SSSR count). The number of allylic oxidation sites excluding steroid dienone is 1. The molecule has 1 aromatic heterocycles. The van der Waals surface area contributed by atoms with Gasteiger partial charge in [-0.1, -0.05) is 19.4 Å². The normalized spacial score (nSPS) is 16.8. The highest BCUT2D eigenvalue weighted by Gasteiger charge is 2.29. The standard InChI is InChI=1S/C18H20N4OS/c1-3-4-5-12-6-7-15-14(9-12)17-13(10-24-15)8-11(2)16(23-17)18-19-21-22-20-18/h6-7,9H,3-5,8,10H2,1-2H3,(H,19,20,21,22). The van der Waals surface area contributed by atoms with Crippen molar-refractivity contribution in [3.63, 3.8) is 0 Å². The Morgan fingerprint density at radius 3 is 3.00 bits per heavy atom. The lowest BCUT2D eigenvalue weighted by molar-refractivity contribution is 0.443. The number of ether oxygens (including phenoxy) is 1. The lowest BCUT2D eigenvalue weighted by Gasteiger charge is -2.28. The minimum absolute atomic E-state index is 0.529. The fraction of sp³-hybridized carbons (Fsp3) is 0.389. The van der Waals surface area contributed by atoms with Gasteiger partial charge in [0, 0.05) is 16.2 Å². The summed E-state index contributed by atoms with van der Waals surface area (Å²) in [6.45, 7) is 4.30. The van der Waals surface area contributed by atoms with E-state index in [9.17, 15) is 0 Å². The van der Waals surface area contributed by atoms with Crippen molar-refractivity contribution in [1.82, 2.24) is 20.6 Å². The molecule has 6 heteroatoms. The number of aryl methyl sites for hydroxylation is 1. The first-order chi connectivity index (χ1) is 11.8. The van der Waals surface area contributed by atoms with Crippen LogP contribution in [0.25, 0.3) is 11.5 Å². The molecule has 0 atom stereocenters. The molecule has 0 unspecified atom stereocenters. The maximum atomic E-state index is 6.29. The minimum Gasteiger partial charge on any atom is -0.453 e. The lowest BCUT2D eigenvalue weighted by atomic mass is 9.97. The topological polar surface area (TPSA) is 63.7 Å². The smallest absolute Gasteiger partial charge is 0.239 e. The van der Waals surface area contributed by atoms with Crippen molar-refractivity contribution < 1.29 is 4.74 Å². The molecule has 0 saturated carbocycles. The molecule has 0 amide bonds. The highest BCUT2D eigenvalue weighted by Crippen LogP contribution is 2.45. The Morgan fingerprint density at radius 2 is 2.21 bits per heavy atom. The molecule has 0 bridgehead atoms. The number of benzene rings is 1. The number of aromatic amines is 1. The molecule has 2 aliphatic rings. The Balaban J connectivity index is 1.70. The van der Waals surface area contributed by atoms with Crippen LogP contribution in [0.15, 0.2) is 34.2 Å². The molecule has 0 fully saturated rings. The van der Waals surface area contributed by atoms with E-state index >= 15 is 0 Å². The van der Waals surface area contributed by atoms with Gasteiger partial charge in [0.05, 0.1) is 0 Å². The van der Waals surface area contributed by atoms with Crippen LogP contribution in [-0.2, 0) is 11.2 Å². The molecular weight excluding hydrogens is 320 g/mol. The molecule has 3 heterocycles. The average Bonchev–Trinajstić information content (AvgIpc) is 3.13. The summed E-state index contributed by atoms with van der Waals surface area (Å²) >= 11 is 1.90. The van der Waals surface area contributed by atoms with Gasteiger partial charge in [-0.05, 0) is 60.2 Å². The van der Waals surface area contributed by atoms with Gasteiger partial charge in [-0.25, -0.2) is 0 Å². The van der Waals surface area contributed by atoms with Crippen molar-refractivity contribution in [1.29, 1.82) is 0 Å². The van der Waals surface area contributed by atoms with E-state index in [4.69, 9.17) is 4.74 Å². The van der Waals surface area contributed by atoms with E-state index in [-0.39, 0.29) is 0 Å². The molecule has 24 heavy (non-hydrogen) atoms. The predicted molar refractivity (Wildman–Crippen MR) is 95.2 cm³/mol. The van der Waals surface area contributed by atoms with Crippen LogP contribution in [0.5, 0.6) is 0 Å². The van der Waals surface area contributed by atoms with Crippen LogP contribution < -0.4 is 0 Å². The van der Waals surface area contributed by atoms with Crippen molar-refractivity contribution in [2.24, 2.45) is 0 Å². The Labute approximate surface area is 145 Å². The SMILES string of the molecule is CCCCc1ccc2c(c1)C1=C(CS2)CC(C)=C(c2nn[nH]n2)O1. The Hall–Kier alpha value is -2.08. The number of tetrazole rings is 1. The van der Waals surface area contributed by atoms with E-state index in [1.165, 1.54) is 34.4 Å². The Kier molecular flexibility index (Phi) is 4.14. The molecule has 0 saturated heterocycles. The number of nitrogens with one attached hydrogen (secondary N) is 1. The van der Waals surface area contributed by atoms with Crippen LogP contribution in [0.1, 0.15) is 50.1 Å². The quantitative estimate of drug-likeness (QED) is 0.903. The van der Waals surface area contributed by atoms with Gasteiger partial charge in [-0.3, -0.25) is 0 Å². The number of nitrogens with zero attached hydrogens (tertiary/aromatic N) is 3. The second-order valence-electron chi connectivity index (χ2n) is 6.28. The average molecular weight is 340 g/mol. The van der Waals surface area contributed by atoms with Crippen molar-refractivity contribution in [2.75, 3.05) is 5.75 Å². The van der Waals surface area contributed by atoms with Gasteiger partial charge >= 0.3 is 0 Å². The van der Waals surface area contributed by atoms with E-state index in [1.807, 2.05) is 11.8 Å². The summed E-state index contributed by atoms with van der Waals surface area (Å²) in [7, 11) is 0. The van der Waals surface area contributed by atoms with E-state index in [0.717, 1.165) is 35.7 Å². The van der Waals surface area contributed by atoms with Gasteiger partial charge in [0.1, 0.15) is 5.76 Å². The second-order valence-corrected chi connectivity index (χ2v) is 7.30. The summed E-state index contributed by atoms with van der Waals surface area (Å²) in [6, 6.07) is 6.77. The fourth-order valence-electron chi connectivity index (χ4n) is 3.18. The zero-order valence-corrected chi connectivity index (χ0v) is 14.7. The van der Waals surface area contributed by atoms with E-state index in [1.54, 1.807) is 0 Å². The summed E-state index contributed by atoms with van der Waals surface area (Å²) in [5.41, 5.74) is 5.09. The molecule has 2 aromatic rings. The van der Waals surface area contributed by atoms with Gasteiger partial charge in [0.15, 0.2) is 5.76 Å². The van der Waals surface area contributed by atoms with Gasteiger partial charge < -0.3 is 4.74 Å². The van der Waals surface area contributed by atoms with E-state index < -0.39 is 0 Å². The number of hydrogen-bond acceptors (Lipinski definition) is 5. The van der Waals surface area contributed by atoms with Crippen LogP contribution in [-0.4, -0.2) is 26.4 Å². The highest BCUT2D eigenvalue weighted by atomic mass is 32.2. The maximum Gasteiger partial charge on any atom is 0.239 e. The molecule has 2 aliphatic heterocycles. The summed E-state index contributed by atoms with van der Waals surface area (Å²) in [4.78, 5) is 1.29. The predicted octanol–water partition coefficient (Wildman–Crippen LogP) is 4.21. The summed E-state index contributed by atoms with van der Waals surface area (Å²) in [5.74, 6) is 3.24. The third kappa shape index (κ3) is 2.75. The number of hydrogen-bond donors (Lipinski definition) is 1. The number of fused-ring (bicyclic) bond motifs is 2. The Morgan fingerprint density at radius 1 is 1.29 bits per heavy atom. The third-order valence-corrected chi connectivity index (χ3v) is 5.61. The third-order valence-electron chi connectivity index (χ3n) is 4.45. The first kappa shape index (κ1) is 15.4. The Bertz CT molecular complexity index is 824. The maximum absolute atomic E-state index is 6.29. The second kappa shape index (κ2) is 6.43. The zero-order valence-electron chi connectivity index (χ0n) is 13.9.